The quantitative estimate of drug-likeness (QED) is 0.314. The van der Waals surface area contributed by atoms with Crippen LogP contribution >= 0.6 is 11.9 Å². The largest absolute Gasteiger partial charge is 0.486 e. The van der Waals surface area contributed by atoms with Gasteiger partial charge in [0, 0.05) is 24.9 Å². The number of benzene rings is 2. The molecule has 9 heteroatoms. The van der Waals surface area contributed by atoms with Crippen LogP contribution in [0, 0.1) is 0 Å². The maximum absolute atomic E-state index is 13.3. The van der Waals surface area contributed by atoms with Gasteiger partial charge < -0.3 is 24.4 Å². The molecule has 2 aliphatic heterocycles. The number of hydrogen-bond donors (Lipinski definition) is 2. The Morgan fingerprint density at radius 3 is 2.51 bits per heavy atom. The first-order chi connectivity index (χ1) is 17.0. The molecule has 2 amide bonds. The first-order valence-corrected chi connectivity index (χ1v) is 12.5. The van der Waals surface area contributed by atoms with E-state index in [1.165, 1.54) is 11.9 Å². The van der Waals surface area contributed by atoms with Crippen LogP contribution in [0.5, 0.6) is 11.5 Å². The predicted molar refractivity (Wildman–Crippen MR) is 134 cm³/mol. The van der Waals surface area contributed by atoms with E-state index >= 15 is 0 Å². The number of ether oxygens (including phenoxy) is 2. The van der Waals surface area contributed by atoms with Crippen LogP contribution in [-0.2, 0) is 20.8 Å². The Hall–Kier alpha value is -3.46. The molecule has 2 heterocycles. The summed E-state index contributed by atoms with van der Waals surface area (Å²) in [6.07, 6.45) is 3.65. The van der Waals surface area contributed by atoms with Gasteiger partial charge in [-0.15, -0.1) is 0 Å². The summed E-state index contributed by atoms with van der Waals surface area (Å²) in [5.41, 5.74) is 2.05. The van der Waals surface area contributed by atoms with Gasteiger partial charge in [0.2, 0.25) is 5.78 Å². The molecule has 35 heavy (non-hydrogen) atoms. The van der Waals surface area contributed by atoms with E-state index in [9.17, 15) is 14.4 Å². The summed E-state index contributed by atoms with van der Waals surface area (Å²) in [5, 5.41) is 5.46. The minimum Gasteiger partial charge on any atom is -0.486 e. The average molecular weight is 496 g/mol. The number of hydrogen-bond acceptors (Lipinski definition) is 7. The van der Waals surface area contributed by atoms with E-state index < -0.39 is 23.6 Å². The van der Waals surface area contributed by atoms with Crippen molar-refractivity contribution in [1.29, 1.82) is 0 Å². The van der Waals surface area contributed by atoms with Crippen molar-refractivity contribution >= 4 is 35.6 Å². The summed E-state index contributed by atoms with van der Waals surface area (Å²) in [7, 11) is 1.78. The molecule has 0 aromatic heterocycles. The van der Waals surface area contributed by atoms with E-state index in [4.69, 9.17) is 9.47 Å². The second kappa shape index (κ2) is 11.3. The Balaban J connectivity index is 1.55. The average Bonchev–Trinajstić information content (AvgIpc) is 2.87. The summed E-state index contributed by atoms with van der Waals surface area (Å²) in [4.78, 5) is 39.8. The van der Waals surface area contributed by atoms with Crippen LogP contribution in [0.15, 0.2) is 53.1 Å². The number of Topliss-reactive ketones (excluding diaryl/α,β-unsaturated/α-hetero) is 1. The molecule has 0 bridgehead atoms. The van der Waals surface area contributed by atoms with Gasteiger partial charge in [-0.05, 0) is 47.7 Å². The predicted octanol–water partition coefficient (Wildman–Crippen LogP) is 2.96. The fourth-order valence-corrected chi connectivity index (χ4v) is 4.75. The van der Waals surface area contributed by atoms with Crippen LogP contribution in [0.1, 0.15) is 30.9 Å². The zero-order valence-electron chi connectivity index (χ0n) is 19.8. The zero-order chi connectivity index (χ0) is 24.8. The van der Waals surface area contributed by atoms with Crippen molar-refractivity contribution < 1.29 is 23.9 Å². The number of likely N-dealkylation sites (N-methyl/N-ethyl adjacent to an activating group) is 1. The monoisotopic (exact) mass is 495 g/mol. The highest BCUT2D eigenvalue weighted by atomic mass is 32.2. The van der Waals surface area contributed by atoms with Crippen LogP contribution < -0.4 is 20.1 Å². The third kappa shape index (κ3) is 5.97. The molecule has 0 spiro atoms. The molecular formula is C26H29N3O5S. The molecule has 2 aromatic carbocycles. The van der Waals surface area contributed by atoms with Crippen molar-refractivity contribution in [2.24, 2.45) is 0 Å². The highest BCUT2D eigenvalue weighted by molar-refractivity contribution is 7.97. The molecule has 184 valence electrons. The van der Waals surface area contributed by atoms with Crippen LogP contribution in [0.3, 0.4) is 0 Å². The highest BCUT2D eigenvalue weighted by Gasteiger charge is 2.31. The lowest BCUT2D eigenvalue weighted by Crippen LogP contribution is -2.50. The van der Waals surface area contributed by atoms with Gasteiger partial charge in [-0.3, -0.25) is 14.4 Å². The van der Waals surface area contributed by atoms with Crippen LogP contribution in [-0.4, -0.2) is 54.8 Å². The Morgan fingerprint density at radius 2 is 1.80 bits per heavy atom. The lowest BCUT2D eigenvalue weighted by molar-refractivity contribution is -0.139. The lowest BCUT2D eigenvalue weighted by atomic mass is 10.0. The standard InChI is InChI=1S/C26H29N3O5S/c1-3-4-10-27-26(32)24(30)19(13-17-8-6-5-7-9-17)28-25(31)20-14-18-15-21-22(34-12-11-33-21)16-23(18)35-29(20)2/h5-9,14-16,19H,3-4,10-13H2,1-2H3,(H,27,32)(H,28,31)/t19-/m0/s1. The van der Waals surface area contributed by atoms with Crippen LogP contribution in [0.2, 0.25) is 0 Å². The van der Waals surface area contributed by atoms with Crippen molar-refractivity contribution in [1.82, 2.24) is 14.9 Å². The molecular weight excluding hydrogens is 466 g/mol. The first kappa shape index (κ1) is 24.7. The lowest BCUT2D eigenvalue weighted by Gasteiger charge is -2.28. The van der Waals surface area contributed by atoms with Crippen molar-refractivity contribution in [2.45, 2.75) is 37.1 Å². The molecule has 2 aromatic rings. The first-order valence-electron chi connectivity index (χ1n) is 11.7. The fourth-order valence-electron chi connectivity index (χ4n) is 3.84. The van der Waals surface area contributed by atoms with Gasteiger partial charge in [0.1, 0.15) is 25.0 Å². The van der Waals surface area contributed by atoms with Crippen LogP contribution in [0.4, 0.5) is 0 Å². The Kier molecular flexibility index (Phi) is 7.97. The number of carbonyl (C=O) groups excluding carboxylic acids is 3. The van der Waals surface area contributed by atoms with Gasteiger partial charge >= 0.3 is 0 Å². The summed E-state index contributed by atoms with van der Waals surface area (Å²) in [6.45, 7) is 3.40. The topological polar surface area (TPSA) is 97.0 Å². The van der Waals surface area contributed by atoms with Gasteiger partial charge in [0.05, 0.1) is 0 Å². The van der Waals surface area contributed by atoms with Gasteiger partial charge in [-0.2, -0.15) is 0 Å². The molecule has 1 atom stereocenters. The van der Waals surface area contributed by atoms with Gasteiger partial charge in [-0.1, -0.05) is 43.7 Å². The molecule has 0 saturated carbocycles. The summed E-state index contributed by atoms with van der Waals surface area (Å²) in [6, 6.07) is 12.1. The molecule has 8 nitrogen and oxygen atoms in total. The maximum atomic E-state index is 13.3. The number of amides is 2. The minimum absolute atomic E-state index is 0.214. The molecule has 0 unspecified atom stereocenters. The highest BCUT2D eigenvalue weighted by Crippen LogP contribution is 2.42. The number of ketones is 1. The molecule has 2 N–H and O–H groups in total. The normalized spacial score (nSPS) is 14.9. The molecule has 0 radical (unpaired) electrons. The zero-order valence-corrected chi connectivity index (χ0v) is 20.7. The van der Waals surface area contributed by atoms with E-state index in [0.29, 0.717) is 37.0 Å². The molecule has 2 aliphatic rings. The van der Waals surface area contributed by atoms with Crippen LogP contribution in [0.25, 0.3) is 6.08 Å². The fraction of sp³-hybridized carbons (Fsp3) is 0.346. The number of nitrogens with one attached hydrogen (secondary N) is 2. The summed E-state index contributed by atoms with van der Waals surface area (Å²) >= 11 is 1.38. The Labute approximate surface area is 209 Å². The van der Waals surface area contributed by atoms with Crippen molar-refractivity contribution in [3.63, 3.8) is 0 Å². The molecule has 0 aliphatic carbocycles. The number of rotatable bonds is 9. The second-order valence-corrected chi connectivity index (χ2v) is 9.51. The van der Waals surface area contributed by atoms with Crippen molar-refractivity contribution in [3.8, 4) is 11.5 Å². The van der Waals surface area contributed by atoms with Gasteiger partial charge in [-0.25, -0.2) is 0 Å². The smallest absolute Gasteiger partial charge is 0.289 e. The Bertz CT molecular complexity index is 1140. The maximum Gasteiger partial charge on any atom is 0.289 e. The van der Waals surface area contributed by atoms with E-state index in [1.807, 2.05) is 49.4 Å². The molecule has 0 fully saturated rings. The third-order valence-corrected chi connectivity index (χ3v) is 6.74. The number of carbonyl (C=O) groups is 3. The van der Waals surface area contributed by atoms with E-state index in [1.54, 1.807) is 17.4 Å². The number of fused-ring (bicyclic) bond motifs is 2. The van der Waals surface area contributed by atoms with Crippen molar-refractivity contribution in [3.05, 3.63) is 59.3 Å². The summed E-state index contributed by atoms with van der Waals surface area (Å²) < 4.78 is 13.1. The third-order valence-electron chi connectivity index (χ3n) is 5.72. The molecule has 4 rings (SSSR count). The SMILES string of the molecule is CCCCNC(=O)C(=O)[C@H](Cc1ccccc1)NC(=O)C1=Cc2cc3c(cc2SN1C)OCCO3. The van der Waals surface area contributed by atoms with Gasteiger partial charge in [0.15, 0.2) is 11.5 Å². The van der Waals surface area contributed by atoms with Gasteiger partial charge in [0.25, 0.3) is 11.8 Å². The van der Waals surface area contributed by atoms with E-state index in [2.05, 4.69) is 10.6 Å². The second-order valence-electron chi connectivity index (χ2n) is 8.34. The van der Waals surface area contributed by atoms with Crippen molar-refractivity contribution in [2.75, 3.05) is 26.8 Å². The van der Waals surface area contributed by atoms with E-state index in [0.717, 1.165) is 28.9 Å². The Morgan fingerprint density at radius 1 is 1.09 bits per heavy atom. The van der Waals surface area contributed by atoms with E-state index in [-0.39, 0.29) is 6.42 Å². The number of nitrogens with zero attached hydrogens (tertiary/aromatic N) is 1. The minimum atomic E-state index is -0.993. The molecule has 0 saturated heterocycles. The number of unbranched alkanes of at least 4 members (excludes halogenated alkanes) is 1. The summed E-state index contributed by atoms with van der Waals surface area (Å²) in [5.74, 6) is -0.466.